The van der Waals surface area contributed by atoms with Crippen molar-refractivity contribution in [2.24, 2.45) is 0 Å². The molecule has 1 aliphatic heterocycles. The molecule has 33 heavy (non-hydrogen) atoms. The first-order valence-corrected chi connectivity index (χ1v) is 15.0. The highest BCUT2D eigenvalue weighted by molar-refractivity contribution is 6.74. The van der Waals surface area contributed by atoms with Gasteiger partial charge in [0.15, 0.2) is 8.32 Å². The van der Waals surface area contributed by atoms with Crippen LogP contribution in [0.25, 0.3) is 16.5 Å². The van der Waals surface area contributed by atoms with Gasteiger partial charge in [0, 0.05) is 30.2 Å². The number of rotatable bonds is 5. The molecule has 1 aromatic heterocycles. The molecule has 0 bridgehead atoms. The van der Waals surface area contributed by atoms with Crippen LogP contribution < -0.4 is 0 Å². The first-order chi connectivity index (χ1) is 15.2. The van der Waals surface area contributed by atoms with Crippen molar-refractivity contribution < 1.29 is 14.0 Å². The van der Waals surface area contributed by atoms with Gasteiger partial charge in [-0.15, -0.1) is 0 Å². The van der Waals surface area contributed by atoms with E-state index in [-0.39, 0.29) is 17.2 Å². The van der Waals surface area contributed by atoms with Crippen LogP contribution in [0.5, 0.6) is 0 Å². The second-order valence-electron chi connectivity index (χ2n) is 11.8. The zero-order chi connectivity index (χ0) is 24.6. The van der Waals surface area contributed by atoms with Gasteiger partial charge in [-0.3, -0.25) is 0 Å². The highest BCUT2D eigenvalue weighted by Crippen LogP contribution is 2.37. The van der Waals surface area contributed by atoms with E-state index in [0.717, 1.165) is 13.0 Å². The lowest BCUT2D eigenvalue weighted by Gasteiger charge is -2.37. The van der Waals surface area contributed by atoms with Gasteiger partial charge in [0.05, 0.1) is 12.6 Å². The van der Waals surface area contributed by atoms with Gasteiger partial charge in [0.2, 0.25) is 0 Å². The number of nitrogens with zero attached hydrogens (tertiary/aromatic N) is 2. The fraction of sp³-hybridized carbons (Fsp3) is 0.593. The molecule has 0 saturated heterocycles. The van der Waals surface area contributed by atoms with E-state index in [1.165, 1.54) is 22.0 Å². The minimum absolute atomic E-state index is 0.210. The first-order valence-electron chi connectivity index (χ1n) is 12.1. The minimum Gasteiger partial charge on any atom is -0.444 e. The summed E-state index contributed by atoms with van der Waals surface area (Å²) < 4.78 is 14.4. The standard InChI is InChI=1S/C27H42N2O3Si/c1-20(19-31-33(8,9)27(5,6)7)29-16-14-22-17-21(12-13-24(22)29)23-11-10-15-28(18-23)25(30)32-26(2,3)4/h11-14,16-17,20H,10,15,18-19H2,1-9H3. The summed E-state index contributed by atoms with van der Waals surface area (Å²) in [5.41, 5.74) is 3.07. The van der Waals surface area contributed by atoms with Crippen molar-refractivity contribution in [3.63, 3.8) is 0 Å². The predicted molar refractivity (Wildman–Crippen MR) is 140 cm³/mol. The molecule has 2 aromatic rings. The Hall–Kier alpha value is -2.05. The molecule has 1 atom stereocenters. The second kappa shape index (κ2) is 9.30. The van der Waals surface area contributed by atoms with Crippen LogP contribution in [0.15, 0.2) is 36.5 Å². The maximum Gasteiger partial charge on any atom is 0.410 e. The molecule has 0 N–H and O–H groups in total. The van der Waals surface area contributed by atoms with E-state index in [4.69, 9.17) is 9.16 Å². The number of aromatic nitrogens is 1. The Labute approximate surface area is 200 Å². The Kier molecular flexibility index (Phi) is 7.20. The molecule has 6 heteroatoms. The lowest BCUT2D eigenvalue weighted by Crippen LogP contribution is -2.41. The lowest BCUT2D eigenvalue weighted by atomic mass is 10.00. The van der Waals surface area contributed by atoms with Crippen molar-refractivity contribution in [1.82, 2.24) is 9.47 Å². The molecule has 1 unspecified atom stereocenters. The highest BCUT2D eigenvalue weighted by atomic mass is 28.4. The minimum atomic E-state index is -1.77. The largest absolute Gasteiger partial charge is 0.444 e. The van der Waals surface area contributed by atoms with Crippen LogP contribution in [0.2, 0.25) is 18.1 Å². The monoisotopic (exact) mass is 470 g/mol. The van der Waals surface area contributed by atoms with Crippen molar-refractivity contribution in [2.75, 3.05) is 19.7 Å². The summed E-state index contributed by atoms with van der Waals surface area (Å²) in [6.07, 6.45) is 5.01. The van der Waals surface area contributed by atoms with E-state index in [9.17, 15) is 4.79 Å². The summed E-state index contributed by atoms with van der Waals surface area (Å²) in [7, 11) is -1.77. The number of benzene rings is 1. The highest BCUT2D eigenvalue weighted by Gasteiger charge is 2.37. The van der Waals surface area contributed by atoms with Gasteiger partial charge in [0.1, 0.15) is 5.60 Å². The smallest absolute Gasteiger partial charge is 0.410 e. The predicted octanol–water partition coefficient (Wildman–Crippen LogP) is 7.25. The van der Waals surface area contributed by atoms with Crippen molar-refractivity contribution in [1.29, 1.82) is 0 Å². The number of carbonyl (C=O) groups excluding carboxylic acids is 1. The number of fused-ring (bicyclic) bond motifs is 1. The topological polar surface area (TPSA) is 43.7 Å². The van der Waals surface area contributed by atoms with Gasteiger partial charge in [-0.05, 0) is 81.6 Å². The van der Waals surface area contributed by atoms with Gasteiger partial charge >= 0.3 is 6.09 Å². The maximum absolute atomic E-state index is 12.5. The summed E-state index contributed by atoms with van der Waals surface area (Å²) in [5, 5.41) is 1.42. The third kappa shape index (κ3) is 6.10. The lowest BCUT2D eigenvalue weighted by molar-refractivity contribution is 0.0273. The third-order valence-corrected chi connectivity index (χ3v) is 11.4. The number of carbonyl (C=O) groups is 1. The molecule has 2 heterocycles. The average molecular weight is 471 g/mol. The van der Waals surface area contributed by atoms with Crippen LogP contribution >= 0.6 is 0 Å². The number of ether oxygens (including phenoxy) is 1. The van der Waals surface area contributed by atoms with Crippen LogP contribution in [0, 0.1) is 0 Å². The quantitative estimate of drug-likeness (QED) is 0.432. The molecule has 1 aromatic carbocycles. The normalized spacial score (nSPS) is 16.6. The van der Waals surface area contributed by atoms with E-state index in [0.29, 0.717) is 13.1 Å². The van der Waals surface area contributed by atoms with Gasteiger partial charge in [-0.25, -0.2) is 4.79 Å². The first kappa shape index (κ1) is 25.6. The Morgan fingerprint density at radius 1 is 1.12 bits per heavy atom. The molecule has 0 aliphatic carbocycles. The van der Waals surface area contributed by atoms with Crippen molar-refractivity contribution in [3.05, 3.63) is 42.1 Å². The molecule has 1 aliphatic rings. The maximum atomic E-state index is 12.5. The number of hydrogen-bond donors (Lipinski definition) is 0. The van der Waals surface area contributed by atoms with Crippen LogP contribution in [-0.2, 0) is 9.16 Å². The number of amides is 1. The molecular formula is C27H42N2O3Si. The summed E-state index contributed by atoms with van der Waals surface area (Å²) in [5.74, 6) is 0. The van der Waals surface area contributed by atoms with Crippen molar-refractivity contribution in [2.45, 2.75) is 84.7 Å². The van der Waals surface area contributed by atoms with Gasteiger partial charge in [-0.2, -0.15) is 0 Å². The molecule has 0 saturated carbocycles. The fourth-order valence-electron chi connectivity index (χ4n) is 3.81. The van der Waals surface area contributed by atoms with Gasteiger partial charge in [-0.1, -0.05) is 32.9 Å². The summed E-state index contributed by atoms with van der Waals surface area (Å²) >= 11 is 0. The van der Waals surface area contributed by atoms with Gasteiger partial charge in [0.25, 0.3) is 0 Å². The zero-order valence-corrected chi connectivity index (χ0v) is 23.0. The van der Waals surface area contributed by atoms with E-state index in [1.54, 1.807) is 4.90 Å². The Bertz CT molecular complexity index is 1020. The Morgan fingerprint density at radius 3 is 2.45 bits per heavy atom. The molecule has 0 spiro atoms. The molecular weight excluding hydrogens is 428 g/mol. The molecule has 0 radical (unpaired) electrons. The van der Waals surface area contributed by atoms with E-state index in [2.05, 4.69) is 81.9 Å². The van der Waals surface area contributed by atoms with Gasteiger partial charge < -0.3 is 18.6 Å². The molecule has 1 amide bonds. The molecule has 3 rings (SSSR count). The van der Waals surface area contributed by atoms with Crippen LogP contribution in [0.3, 0.4) is 0 Å². The van der Waals surface area contributed by atoms with Crippen LogP contribution in [0.1, 0.15) is 66.5 Å². The summed E-state index contributed by atoms with van der Waals surface area (Å²) in [4.78, 5) is 14.3. The third-order valence-electron chi connectivity index (χ3n) is 6.86. The molecule has 182 valence electrons. The van der Waals surface area contributed by atoms with E-state index >= 15 is 0 Å². The molecule has 5 nitrogen and oxygen atoms in total. The van der Waals surface area contributed by atoms with E-state index < -0.39 is 13.9 Å². The number of hydrogen-bond acceptors (Lipinski definition) is 3. The Morgan fingerprint density at radius 2 is 1.82 bits per heavy atom. The summed E-state index contributed by atoms with van der Waals surface area (Å²) in [6, 6.07) is 9.04. The summed E-state index contributed by atoms with van der Waals surface area (Å²) in [6.45, 7) is 21.4. The van der Waals surface area contributed by atoms with Crippen LogP contribution in [-0.4, -0.2) is 49.2 Å². The average Bonchev–Trinajstić information content (AvgIpc) is 3.13. The fourth-order valence-corrected chi connectivity index (χ4v) is 4.90. The second-order valence-corrected chi connectivity index (χ2v) is 16.6. The SMILES string of the molecule is CC(CO[Si](C)(C)C(C)(C)C)n1ccc2cc(C3=CCCN(C(=O)OC(C)(C)C)C3)ccc21. The Balaban J connectivity index is 1.73. The molecule has 0 fully saturated rings. The van der Waals surface area contributed by atoms with E-state index in [1.807, 2.05) is 20.8 Å². The zero-order valence-electron chi connectivity index (χ0n) is 22.0. The van der Waals surface area contributed by atoms with Crippen LogP contribution in [0.4, 0.5) is 4.79 Å². The van der Waals surface area contributed by atoms with Crippen molar-refractivity contribution >= 4 is 30.9 Å². The van der Waals surface area contributed by atoms with Crippen molar-refractivity contribution in [3.8, 4) is 0 Å².